The van der Waals surface area contributed by atoms with Gasteiger partial charge < -0.3 is 36.7 Å². The van der Waals surface area contributed by atoms with E-state index in [1.807, 2.05) is 23.5 Å². The molecule has 1 heterocycles. The molecule has 18 nitrogen and oxygen atoms in total. The van der Waals surface area contributed by atoms with Crippen LogP contribution in [0.2, 0.25) is 0 Å². The lowest BCUT2D eigenvalue weighted by Crippen LogP contribution is -2.55. The molecule has 276 valence electrons. The highest BCUT2D eigenvalue weighted by molar-refractivity contribution is 6.05. The molecule has 0 bridgehead atoms. The Morgan fingerprint density at radius 2 is 1.50 bits per heavy atom. The topological polar surface area (TPSA) is 269 Å². The van der Waals surface area contributed by atoms with Crippen molar-refractivity contribution in [2.75, 3.05) is 31.6 Å². The maximum atomic E-state index is 13.3. The zero-order chi connectivity index (χ0) is 37.5. The molecule has 3 aromatic rings. The number of H-pyrrole nitrogens is 1. The van der Waals surface area contributed by atoms with Crippen molar-refractivity contribution < 1.29 is 38.7 Å². The number of fused-ring (bicyclic) bond motifs is 1. The first-order valence-electron chi connectivity index (χ1n) is 16.7. The van der Waals surface area contributed by atoms with E-state index in [4.69, 9.17) is 0 Å². The number of amides is 6. The largest absolute Gasteiger partial charge is 0.479 e. The third-order valence-corrected chi connectivity index (χ3v) is 8.39. The van der Waals surface area contributed by atoms with Crippen LogP contribution in [0.5, 0.6) is 0 Å². The number of nitroso groups, excluding NO2 is 1. The highest BCUT2D eigenvalue weighted by atomic mass is 16.4. The summed E-state index contributed by atoms with van der Waals surface area (Å²) in [4.78, 5) is 100.0. The third kappa shape index (κ3) is 11.6. The highest BCUT2D eigenvalue weighted by Gasteiger charge is 2.29. The Labute approximate surface area is 297 Å². The number of carbonyl (C=O) groups excluding carboxylic acids is 6. The second-order valence-corrected chi connectivity index (χ2v) is 12.2. The van der Waals surface area contributed by atoms with Gasteiger partial charge in [0.25, 0.3) is 17.7 Å². The van der Waals surface area contributed by atoms with Crippen LogP contribution < -0.4 is 37.4 Å². The van der Waals surface area contributed by atoms with E-state index in [1.54, 1.807) is 36.5 Å². The van der Waals surface area contributed by atoms with Gasteiger partial charge in [0.2, 0.25) is 23.8 Å². The fourth-order valence-electron chi connectivity index (χ4n) is 5.66. The van der Waals surface area contributed by atoms with Gasteiger partial charge in [0.1, 0.15) is 6.04 Å². The van der Waals surface area contributed by atoms with Crippen molar-refractivity contribution in [3.05, 3.63) is 70.8 Å². The Bertz CT molecular complexity index is 1770. The molecule has 0 radical (unpaired) electrons. The van der Waals surface area contributed by atoms with Crippen LogP contribution in [0.4, 0.5) is 5.69 Å². The van der Waals surface area contributed by atoms with Crippen LogP contribution in [0, 0.1) is 10.8 Å². The molecular weight excluding hydrogens is 678 g/mol. The van der Waals surface area contributed by atoms with Crippen molar-refractivity contribution in [2.24, 2.45) is 11.1 Å². The van der Waals surface area contributed by atoms with Crippen molar-refractivity contribution in [2.45, 2.75) is 50.6 Å². The van der Waals surface area contributed by atoms with Crippen LogP contribution in [0.3, 0.4) is 0 Å². The maximum Gasteiger partial charge on any atom is 0.336 e. The molecule has 0 saturated heterocycles. The number of carboxylic acid groups (broad SMARTS) is 1. The molecule has 18 heteroatoms. The van der Waals surface area contributed by atoms with Gasteiger partial charge >= 0.3 is 5.97 Å². The number of carboxylic acids is 1. The monoisotopic (exact) mass is 719 g/mol. The molecule has 1 unspecified atom stereocenters. The average molecular weight is 720 g/mol. The summed E-state index contributed by atoms with van der Waals surface area (Å²) in [5.41, 5.74) is 7.56. The van der Waals surface area contributed by atoms with Gasteiger partial charge in [-0.3, -0.25) is 39.6 Å². The van der Waals surface area contributed by atoms with Gasteiger partial charge in [-0.25, -0.2) is 4.79 Å². The molecule has 6 amide bonds. The van der Waals surface area contributed by atoms with Gasteiger partial charge in [-0.05, 0) is 54.7 Å². The standard InChI is InChI=1S/C34H41N9O9/c44-27(17-38-33(49)30(34(50)51)41-28(45)19-39-52)40-26(14-22-16-35-25-9-5-4-8-24(22)25)32(48)37-18-29(46)43-42-23-12-10-21(11-13-23)31(47)36-15-20-6-2-1-3-7-20/h4-5,8-13,16,20,26,30,35,42H,1-3,6-7,14-15,17-19H2,(H,36,47)(H,37,48)(H,38,49)(H,40,44)(H,41,45)(H,43,46)(H,50,51)/t26?,30-/m1/s1. The Balaban J connectivity index is 1.29. The van der Waals surface area contributed by atoms with E-state index in [0.29, 0.717) is 29.3 Å². The highest BCUT2D eigenvalue weighted by Crippen LogP contribution is 2.23. The number of nitrogens with zero attached hydrogens (tertiary/aromatic N) is 1. The van der Waals surface area contributed by atoms with Gasteiger partial charge in [0.05, 0.1) is 18.8 Å². The fourth-order valence-corrected chi connectivity index (χ4v) is 5.66. The van der Waals surface area contributed by atoms with Crippen LogP contribution in [-0.4, -0.2) is 89.8 Å². The molecule has 1 aliphatic carbocycles. The van der Waals surface area contributed by atoms with Gasteiger partial charge in [-0.2, -0.15) is 4.91 Å². The van der Waals surface area contributed by atoms with Crippen molar-refractivity contribution in [1.29, 1.82) is 0 Å². The van der Waals surface area contributed by atoms with Gasteiger partial charge in [-0.15, -0.1) is 0 Å². The number of hydrogen-bond donors (Lipinski definition) is 9. The first-order chi connectivity index (χ1) is 25.0. The molecule has 2 aromatic carbocycles. The number of aromatic nitrogens is 1. The van der Waals surface area contributed by atoms with Gasteiger partial charge in [-0.1, -0.05) is 42.6 Å². The number of aliphatic carboxylic acids is 1. The third-order valence-electron chi connectivity index (χ3n) is 8.39. The lowest BCUT2D eigenvalue weighted by Gasteiger charge is -2.21. The number of para-hydroxylation sites is 1. The lowest BCUT2D eigenvalue weighted by atomic mass is 9.89. The molecule has 1 aliphatic rings. The molecule has 1 aromatic heterocycles. The van der Waals surface area contributed by atoms with E-state index in [2.05, 4.69) is 42.3 Å². The van der Waals surface area contributed by atoms with Crippen molar-refractivity contribution in [1.82, 2.24) is 37.0 Å². The predicted molar refractivity (Wildman–Crippen MR) is 187 cm³/mol. The number of hydrazine groups is 1. The zero-order valence-electron chi connectivity index (χ0n) is 28.2. The quantitative estimate of drug-likeness (QED) is 0.0490. The summed E-state index contributed by atoms with van der Waals surface area (Å²) in [6, 6.07) is 10.4. The maximum absolute atomic E-state index is 13.3. The SMILES string of the molecule is O=NCC(=O)N[C@@H](C(=O)O)C(=O)NCC(=O)NC(Cc1c[nH]c2ccccc12)C(=O)NCC(=O)NNc1ccc(C(=O)NCC2CCCCC2)cc1. The van der Waals surface area contributed by atoms with Gasteiger partial charge in [0, 0.05) is 35.6 Å². The molecule has 1 fully saturated rings. The van der Waals surface area contributed by atoms with Crippen LogP contribution >= 0.6 is 0 Å². The van der Waals surface area contributed by atoms with Crippen LogP contribution in [0.1, 0.15) is 48.0 Å². The van der Waals surface area contributed by atoms with E-state index in [9.17, 15) is 43.6 Å². The summed E-state index contributed by atoms with van der Waals surface area (Å²) < 4.78 is 0. The van der Waals surface area contributed by atoms with Crippen molar-refractivity contribution >= 4 is 58.0 Å². The molecular formula is C34H41N9O9. The molecule has 0 aliphatic heterocycles. The van der Waals surface area contributed by atoms with Crippen LogP contribution in [0.15, 0.2) is 59.9 Å². The van der Waals surface area contributed by atoms with Crippen LogP contribution in [0.25, 0.3) is 10.9 Å². The summed E-state index contributed by atoms with van der Waals surface area (Å²) in [6.07, 6.45) is 7.48. The average Bonchev–Trinajstić information content (AvgIpc) is 3.56. The first kappa shape index (κ1) is 38.5. The Morgan fingerprint density at radius 3 is 2.21 bits per heavy atom. The van der Waals surface area contributed by atoms with E-state index in [0.717, 1.165) is 23.7 Å². The summed E-state index contributed by atoms with van der Waals surface area (Å²) in [5.74, 6) is -6.03. The second kappa shape index (κ2) is 19.2. The smallest absolute Gasteiger partial charge is 0.336 e. The van der Waals surface area contributed by atoms with Gasteiger partial charge in [0.15, 0.2) is 6.54 Å². The van der Waals surface area contributed by atoms with Crippen molar-refractivity contribution in [3.63, 3.8) is 0 Å². The van der Waals surface area contributed by atoms with E-state index in [1.165, 1.54) is 19.3 Å². The van der Waals surface area contributed by atoms with E-state index >= 15 is 0 Å². The molecule has 52 heavy (non-hydrogen) atoms. The minimum atomic E-state index is -2.10. The normalized spacial score (nSPS) is 13.8. The first-order valence-corrected chi connectivity index (χ1v) is 16.7. The number of benzene rings is 2. The van der Waals surface area contributed by atoms with Crippen molar-refractivity contribution in [3.8, 4) is 0 Å². The number of nitrogens with one attached hydrogen (secondary N) is 8. The molecule has 2 atom stereocenters. The lowest BCUT2D eigenvalue weighted by molar-refractivity contribution is -0.146. The minimum absolute atomic E-state index is 0.0253. The number of hydrogen-bond acceptors (Lipinski definition) is 10. The number of carbonyl (C=O) groups is 7. The molecule has 4 rings (SSSR count). The predicted octanol–water partition coefficient (Wildman–Crippen LogP) is 0.217. The molecule has 9 N–H and O–H groups in total. The zero-order valence-corrected chi connectivity index (χ0v) is 28.2. The Morgan fingerprint density at radius 1 is 0.808 bits per heavy atom. The minimum Gasteiger partial charge on any atom is -0.479 e. The number of aromatic amines is 1. The summed E-state index contributed by atoms with van der Waals surface area (Å²) in [6.45, 7) is -1.53. The van der Waals surface area contributed by atoms with E-state index < -0.39 is 67.2 Å². The van der Waals surface area contributed by atoms with Crippen LogP contribution in [-0.2, 0) is 35.2 Å². The molecule has 1 saturated carbocycles. The summed E-state index contributed by atoms with van der Waals surface area (Å²) in [7, 11) is 0. The fraction of sp³-hybridized carbons (Fsp3) is 0.382. The van der Waals surface area contributed by atoms with E-state index in [-0.39, 0.29) is 12.3 Å². The molecule has 0 spiro atoms. The number of rotatable bonds is 18. The summed E-state index contributed by atoms with van der Waals surface area (Å²) in [5, 5.41) is 24.2. The second-order valence-electron chi connectivity index (χ2n) is 12.2. The summed E-state index contributed by atoms with van der Waals surface area (Å²) >= 11 is 0. The number of anilines is 1. The Kier molecular flexibility index (Phi) is 14.2. The Hall–Kier alpha value is -6.33.